The summed E-state index contributed by atoms with van der Waals surface area (Å²) < 4.78 is 21.0. The second-order valence-electron chi connectivity index (χ2n) is 8.65. The Bertz CT molecular complexity index is 1230. The van der Waals surface area contributed by atoms with Gasteiger partial charge >= 0.3 is 0 Å². The molecule has 0 radical (unpaired) electrons. The van der Waals surface area contributed by atoms with Crippen LogP contribution in [-0.2, 0) is 11.3 Å². The number of nitrogens with two attached hydrogens (primary N) is 1. The van der Waals surface area contributed by atoms with Crippen LogP contribution in [0.15, 0.2) is 52.9 Å². The van der Waals surface area contributed by atoms with Crippen molar-refractivity contribution in [1.82, 2.24) is 24.9 Å². The quantitative estimate of drug-likeness (QED) is 0.558. The molecule has 10 heteroatoms. The summed E-state index contributed by atoms with van der Waals surface area (Å²) in [5.74, 6) is 0.411. The van der Waals surface area contributed by atoms with Gasteiger partial charge in [0.25, 0.3) is 0 Å². The Balaban J connectivity index is 1.41. The Hall–Kier alpha value is -3.82. The molecule has 1 amide bonds. The number of anilines is 2. The third-order valence-electron chi connectivity index (χ3n) is 6.29. The molecule has 2 aliphatic carbocycles. The van der Waals surface area contributed by atoms with Gasteiger partial charge in [0.05, 0.1) is 18.4 Å². The molecule has 0 aliphatic heterocycles. The molecule has 1 saturated carbocycles. The van der Waals surface area contributed by atoms with Crippen molar-refractivity contribution < 1.29 is 13.7 Å². The molecule has 9 nitrogen and oxygen atoms in total. The van der Waals surface area contributed by atoms with E-state index < -0.39 is 6.17 Å². The van der Waals surface area contributed by atoms with Gasteiger partial charge < -0.3 is 15.6 Å². The average Bonchev–Trinajstić information content (AvgIpc) is 3.52. The highest BCUT2D eigenvalue weighted by Gasteiger charge is 2.23. The third-order valence-corrected chi connectivity index (χ3v) is 6.29. The lowest BCUT2D eigenvalue weighted by molar-refractivity contribution is -0.120. The highest BCUT2D eigenvalue weighted by molar-refractivity contribution is 5.94. The van der Waals surface area contributed by atoms with Gasteiger partial charge in [-0.25, -0.2) is 14.4 Å². The van der Waals surface area contributed by atoms with Gasteiger partial charge in [-0.15, -0.1) is 0 Å². The number of hydrogen-bond donors (Lipinski definition) is 2. The Morgan fingerprint density at radius 2 is 2.12 bits per heavy atom. The van der Waals surface area contributed by atoms with Gasteiger partial charge in [-0.3, -0.25) is 9.48 Å². The van der Waals surface area contributed by atoms with E-state index in [0.717, 1.165) is 25.7 Å². The summed E-state index contributed by atoms with van der Waals surface area (Å²) in [6.45, 7) is 0.249. The molecule has 1 fully saturated rings. The first-order valence-electron chi connectivity index (χ1n) is 11.5. The zero-order valence-electron chi connectivity index (χ0n) is 18.7. The number of carbonyl (C=O) groups excluding carboxylic acids is 1. The van der Waals surface area contributed by atoms with E-state index in [-0.39, 0.29) is 24.2 Å². The summed E-state index contributed by atoms with van der Waals surface area (Å²) >= 11 is 0. The van der Waals surface area contributed by atoms with Crippen LogP contribution in [-0.4, -0.2) is 37.0 Å². The lowest BCUT2D eigenvalue weighted by Gasteiger charge is -2.20. The van der Waals surface area contributed by atoms with Crippen LogP contribution in [0.3, 0.4) is 0 Å². The Morgan fingerprint density at radius 1 is 1.26 bits per heavy atom. The van der Waals surface area contributed by atoms with E-state index in [1.165, 1.54) is 18.9 Å². The van der Waals surface area contributed by atoms with Gasteiger partial charge in [0.2, 0.25) is 5.91 Å². The molecular weight excluding hydrogens is 437 g/mol. The first kappa shape index (κ1) is 22.0. The first-order valence-corrected chi connectivity index (χ1v) is 11.5. The second kappa shape index (κ2) is 9.58. The monoisotopic (exact) mass is 463 g/mol. The zero-order chi connectivity index (χ0) is 23.5. The van der Waals surface area contributed by atoms with Crippen molar-refractivity contribution in [3.8, 4) is 22.9 Å². The predicted molar refractivity (Wildman–Crippen MR) is 125 cm³/mol. The molecule has 3 heterocycles. The molecule has 34 heavy (non-hydrogen) atoms. The van der Waals surface area contributed by atoms with E-state index >= 15 is 0 Å². The molecule has 176 valence electrons. The van der Waals surface area contributed by atoms with Crippen molar-refractivity contribution in [2.24, 2.45) is 5.92 Å². The number of alkyl halides is 1. The average molecular weight is 464 g/mol. The topological polar surface area (TPSA) is 125 Å². The van der Waals surface area contributed by atoms with Gasteiger partial charge in [0.1, 0.15) is 29.5 Å². The fraction of sp³-hybridized carbons (Fsp3) is 0.375. The maximum atomic E-state index is 14.4. The Kier molecular flexibility index (Phi) is 6.20. The normalized spacial score (nSPS) is 18.6. The van der Waals surface area contributed by atoms with Crippen molar-refractivity contribution >= 4 is 17.4 Å². The third kappa shape index (κ3) is 4.61. The molecule has 0 aromatic carbocycles. The Labute approximate surface area is 195 Å². The number of aromatic nitrogens is 5. The summed E-state index contributed by atoms with van der Waals surface area (Å²) in [6.07, 6.45) is 12.7. The van der Waals surface area contributed by atoms with Crippen LogP contribution < -0.4 is 11.1 Å². The fourth-order valence-corrected chi connectivity index (χ4v) is 4.38. The number of nitrogens with zero attached hydrogens (tertiary/aromatic N) is 5. The molecule has 0 spiro atoms. The summed E-state index contributed by atoms with van der Waals surface area (Å²) in [5.41, 5.74) is 8.81. The standard InChI is InChI=1S/C24H26FN7O2/c25-17-9-5-4-8-16(17)14-32-21(18-10-11-34-31-18)12-19(30-32)23-27-13-20(22(26)29-23)28-24(33)15-6-2-1-3-7-15/h4-5,8,10-13,15,17H,1-3,6-7,9,14H2,(H,28,33)(H2,26,27,29). The number of carbonyl (C=O) groups is 1. The largest absolute Gasteiger partial charge is 0.382 e. The number of hydrogen-bond acceptors (Lipinski definition) is 7. The molecule has 0 bridgehead atoms. The molecule has 1 atom stereocenters. The van der Waals surface area contributed by atoms with Crippen LogP contribution in [0.25, 0.3) is 22.9 Å². The summed E-state index contributed by atoms with van der Waals surface area (Å²) in [6, 6.07) is 3.47. The predicted octanol–water partition coefficient (Wildman–Crippen LogP) is 4.32. The summed E-state index contributed by atoms with van der Waals surface area (Å²) in [7, 11) is 0. The van der Waals surface area contributed by atoms with Crippen LogP contribution in [0.2, 0.25) is 0 Å². The molecule has 3 N–H and O–H groups in total. The van der Waals surface area contributed by atoms with E-state index in [9.17, 15) is 9.18 Å². The minimum atomic E-state index is -1.07. The van der Waals surface area contributed by atoms with Gasteiger partial charge in [-0.05, 0) is 24.5 Å². The van der Waals surface area contributed by atoms with E-state index in [1.807, 2.05) is 6.08 Å². The number of halogens is 1. The molecule has 2 aliphatic rings. The van der Waals surface area contributed by atoms with Crippen LogP contribution in [0.1, 0.15) is 38.5 Å². The lowest BCUT2D eigenvalue weighted by atomic mass is 9.88. The Morgan fingerprint density at radius 3 is 2.85 bits per heavy atom. The van der Waals surface area contributed by atoms with E-state index in [0.29, 0.717) is 40.6 Å². The van der Waals surface area contributed by atoms with Gasteiger partial charge in [0.15, 0.2) is 11.6 Å². The van der Waals surface area contributed by atoms with E-state index in [2.05, 4.69) is 25.5 Å². The van der Waals surface area contributed by atoms with E-state index in [1.54, 1.807) is 29.0 Å². The zero-order valence-corrected chi connectivity index (χ0v) is 18.7. The maximum absolute atomic E-state index is 14.4. The summed E-state index contributed by atoms with van der Waals surface area (Å²) in [4.78, 5) is 21.3. The summed E-state index contributed by atoms with van der Waals surface area (Å²) in [5, 5.41) is 11.5. The smallest absolute Gasteiger partial charge is 0.227 e. The SMILES string of the molecule is Nc1nc(-c2cc(-c3ccon3)n(CC3=CC=CCC3F)n2)ncc1NC(=O)C1CCCCC1. The van der Waals surface area contributed by atoms with Crippen LogP contribution in [0, 0.1) is 5.92 Å². The van der Waals surface area contributed by atoms with Crippen LogP contribution in [0.4, 0.5) is 15.9 Å². The molecule has 0 saturated heterocycles. The number of amides is 1. The molecule has 5 rings (SSSR count). The van der Waals surface area contributed by atoms with Crippen molar-refractivity contribution in [2.75, 3.05) is 11.1 Å². The van der Waals surface area contributed by atoms with Gasteiger partial charge in [-0.2, -0.15) is 5.10 Å². The van der Waals surface area contributed by atoms with Crippen molar-refractivity contribution in [3.63, 3.8) is 0 Å². The lowest BCUT2D eigenvalue weighted by Crippen LogP contribution is -2.25. The molecule has 3 aromatic heterocycles. The highest BCUT2D eigenvalue weighted by Crippen LogP contribution is 2.29. The van der Waals surface area contributed by atoms with Crippen LogP contribution in [0.5, 0.6) is 0 Å². The minimum Gasteiger partial charge on any atom is -0.382 e. The second-order valence-corrected chi connectivity index (χ2v) is 8.65. The van der Waals surface area contributed by atoms with Crippen molar-refractivity contribution in [3.05, 3.63) is 48.4 Å². The van der Waals surface area contributed by atoms with Crippen LogP contribution >= 0.6 is 0 Å². The maximum Gasteiger partial charge on any atom is 0.227 e. The molecule has 3 aromatic rings. The number of allylic oxidation sites excluding steroid dienone is 4. The van der Waals surface area contributed by atoms with Gasteiger partial charge in [-0.1, -0.05) is 42.6 Å². The van der Waals surface area contributed by atoms with Crippen molar-refractivity contribution in [2.45, 2.75) is 51.2 Å². The molecule has 1 unspecified atom stereocenters. The van der Waals surface area contributed by atoms with Crippen molar-refractivity contribution in [1.29, 1.82) is 0 Å². The van der Waals surface area contributed by atoms with E-state index in [4.69, 9.17) is 10.3 Å². The number of rotatable bonds is 6. The first-order chi connectivity index (χ1) is 16.6. The minimum absolute atomic E-state index is 0.00295. The fourth-order valence-electron chi connectivity index (χ4n) is 4.38. The molecular formula is C24H26FN7O2. The number of nitrogen functional groups attached to an aromatic ring is 1. The van der Waals surface area contributed by atoms with Gasteiger partial charge in [0, 0.05) is 18.4 Å². The number of nitrogens with one attached hydrogen (secondary N) is 1. The highest BCUT2D eigenvalue weighted by atomic mass is 19.1.